The molecule has 1 fully saturated rings. The highest BCUT2D eigenvalue weighted by Gasteiger charge is 2.30. The molecule has 10 heteroatoms. The van der Waals surface area contributed by atoms with E-state index in [0.717, 1.165) is 47.5 Å². The Bertz CT molecular complexity index is 1640. The van der Waals surface area contributed by atoms with Gasteiger partial charge in [0.05, 0.1) is 12.3 Å². The standard InChI is InChI=1S/C40H52N6O4/c1-5-30(3)41-37(47)21-25-46-38(50-40(48)43-32-16-8-6-9-17-32)28-36(35-20-12-15-29(2)31(35)4)44-39(46)42-33-18-13-19-34(27-33)49-26-14-24-45-22-10-7-11-23-45/h6,8-9,12-13,15-20,27-28,30,38H,5,7,10-11,14,21-26H2,1-4H3,(H,41,47)(H,42,44)(H,43,48). The van der Waals surface area contributed by atoms with Crippen LogP contribution in [0.1, 0.15) is 69.1 Å². The normalized spacial score (nSPS) is 16.9. The van der Waals surface area contributed by atoms with Crippen LogP contribution in [0.5, 0.6) is 5.75 Å². The Morgan fingerprint density at radius 2 is 1.70 bits per heavy atom. The lowest BCUT2D eigenvalue weighted by atomic mass is 10.00. The van der Waals surface area contributed by atoms with Gasteiger partial charge in [0.2, 0.25) is 18.1 Å². The number of nitrogens with zero attached hydrogens (tertiary/aromatic N) is 3. The van der Waals surface area contributed by atoms with Crippen LogP contribution in [0, 0.1) is 13.8 Å². The number of piperidine rings is 1. The SMILES string of the molecule is CCC(C)NC(=O)CCN1C(Nc2cccc(OCCCN3CCCCC3)c2)=NC(c2cccc(C)c2C)=CC1OC(=O)Nc1ccccc1. The number of aliphatic imine (C=N–C) groups is 1. The topological polar surface area (TPSA) is 108 Å². The highest BCUT2D eigenvalue weighted by atomic mass is 16.6. The quantitative estimate of drug-likeness (QED) is 0.151. The molecule has 2 unspecified atom stereocenters. The third-order valence-corrected chi connectivity index (χ3v) is 9.26. The number of amides is 2. The van der Waals surface area contributed by atoms with Gasteiger partial charge in [0.25, 0.3) is 0 Å². The van der Waals surface area contributed by atoms with Crippen LogP contribution in [-0.2, 0) is 9.53 Å². The zero-order chi connectivity index (χ0) is 35.3. The zero-order valence-electron chi connectivity index (χ0n) is 29.9. The van der Waals surface area contributed by atoms with E-state index in [-0.39, 0.29) is 24.9 Å². The van der Waals surface area contributed by atoms with Crippen LogP contribution in [-0.4, -0.2) is 72.8 Å². The molecule has 0 bridgehead atoms. The van der Waals surface area contributed by atoms with E-state index in [9.17, 15) is 9.59 Å². The van der Waals surface area contributed by atoms with E-state index in [0.29, 0.717) is 24.0 Å². The van der Waals surface area contributed by atoms with Crippen LogP contribution >= 0.6 is 0 Å². The van der Waals surface area contributed by atoms with E-state index >= 15 is 0 Å². The molecule has 266 valence electrons. The van der Waals surface area contributed by atoms with Gasteiger partial charge in [-0.2, -0.15) is 0 Å². The minimum atomic E-state index is -0.862. The molecule has 2 aliphatic heterocycles. The summed E-state index contributed by atoms with van der Waals surface area (Å²) in [6.07, 6.45) is 6.22. The summed E-state index contributed by atoms with van der Waals surface area (Å²) in [5.74, 6) is 1.12. The zero-order valence-corrected chi connectivity index (χ0v) is 29.9. The summed E-state index contributed by atoms with van der Waals surface area (Å²) in [5, 5.41) is 9.35. The van der Waals surface area contributed by atoms with E-state index in [1.54, 1.807) is 12.1 Å². The van der Waals surface area contributed by atoms with E-state index in [1.165, 1.54) is 32.4 Å². The third-order valence-electron chi connectivity index (χ3n) is 9.26. The van der Waals surface area contributed by atoms with Crippen molar-refractivity contribution < 1.29 is 19.1 Å². The van der Waals surface area contributed by atoms with E-state index in [1.807, 2.05) is 79.4 Å². The van der Waals surface area contributed by atoms with E-state index < -0.39 is 12.3 Å². The van der Waals surface area contributed by atoms with Gasteiger partial charge in [-0.25, -0.2) is 9.79 Å². The van der Waals surface area contributed by atoms with Crippen LogP contribution in [0.15, 0.2) is 83.9 Å². The lowest BCUT2D eigenvalue weighted by Crippen LogP contribution is -2.49. The molecule has 0 saturated carbocycles. The molecule has 0 aromatic heterocycles. The van der Waals surface area contributed by atoms with Crippen LogP contribution in [0.25, 0.3) is 5.70 Å². The smallest absolute Gasteiger partial charge is 0.413 e. The third kappa shape index (κ3) is 10.6. The van der Waals surface area contributed by atoms with Gasteiger partial charge in [-0.1, -0.05) is 55.8 Å². The van der Waals surface area contributed by atoms with Crippen LogP contribution < -0.4 is 20.7 Å². The highest BCUT2D eigenvalue weighted by Crippen LogP contribution is 2.29. The fourth-order valence-corrected chi connectivity index (χ4v) is 6.07. The molecule has 3 aromatic rings. The summed E-state index contributed by atoms with van der Waals surface area (Å²) in [6.45, 7) is 12.4. The summed E-state index contributed by atoms with van der Waals surface area (Å²) in [6, 6.07) is 23.1. The molecule has 2 atom stereocenters. The molecule has 0 aliphatic carbocycles. The van der Waals surface area contributed by atoms with Crippen molar-refractivity contribution in [1.82, 2.24) is 15.1 Å². The molecule has 10 nitrogen and oxygen atoms in total. The Morgan fingerprint density at radius 3 is 2.48 bits per heavy atom. The number of hydrogen-bond acceptors (Lipinski definition) is 8. The van der Waals surface area contributed by atoms with Gasteiger partial charge in [0.15, 0.2) is 0 Å². The first-order chi connectivity index (χ1) is 24.3. The van der Waals surface area contributed by atoms with Crippen molar-refractivity contribution in [3.8, 4) is 5.75 Å². The molecule has 50 heavy (non-hydrogen) atoms. The number of hydrogen-bond donors (Lipinski definition) is 3. The Hall–Kier alpha value is -4.83. The van der Waals surface area contributed by atoms with E-state index in [4.69, 9.17) is 14.5 Å². The van der Waals surface area contributed by atoms with Gasteiger partial charge in [0, 0.05) is 54.6 Å². The molecule has 1 saturated heterocycles. The molecule has 2 aliphatic rings. The van der Waals surface area contributed by atoms with Gasteiger partial charge < -0.3 is 29.9 Å². The second-order valence-electron chi connectivity index (χ2n) is 13.1. The first-order valence-electron chi connectivity index (χ1n) is 18.0. The van der Waals surface area contributed by atoms with Crippen molar-refractivity contribution in [2.45, 2.75) is 78.5 Å². The fraction of sp³-hybridized carbons (Fsp3) is 0.425. The lowest BCUT2D eigenvalue weighted by Gasteiger charge is -2.35. The molecular formula is C40H52N6O4. The number of carbonyl (C=O) groups excluding carboxylic acids is 2. The van der Waals surface area contributed by atoms with Crippen molar-refractivity contribution in [3.63, 3.8) is 0 Å². The number of benzene rings is 3. The maximum absolute atomic E-state index is 13.3. The maximum Gasteiger partial charge on any atom is 0.413 e. The van der Waals surface area contributed by atoms with Crippen molar-refractivity contribution >= 4 is 35.0 Å². The van der Waals surface area contributed by atoms with E-state index in [2.05, 4.69) is 40.8 Å². The molecule has 0 radical (unpaired) electrons. The van der Waals surface area contributed by atoms with Gasteiger partial charge in [-0.3, -0.25) is 10.1 Å². The molecule has 3 N–H and O–H groups in total. The van der Waals surface area contributed by atoms with Gasteiger partial charge >= 0.3 is 6.09 Å². The largest absolute Gasteiger partial charge is 0.493 e. The maximum atomic E-state index is 13.3. The van der Waals surface area contributed by atoms with Crippen LogP contribution in [0.3, 0.4) is 0 Å². The average molecular weight is 681 g/mol. The lowest BCUT2D eigenvalue weighted by molar-refractivity contribution is -0.122. The number of likely N-dealkylation sites (tertiary alicyclic amines) is 1. The number of ether oxygens (including phenoxy) is 2. The summed E-state index contributed by atoms with van der Waals surface area (Å²) in [5.41, 5.74) is 5.18. The van der Waals surface area contributed by atoms with Gasteiger partial charge in [-0.05, 0) is 94.9 Å². The van der Waals surface area contributed by atoms with Crippen molar-refractivity contribution in [1.29, 1.82) is 0 Å². The Morgan fingerprint density at radius 1 is 0.940 bits per heavy atom. The summed E-state index contributed by atoms with van der Waals surface area (Å²) < 4.78 is 12.3. The number of rotatable bonds is 14. The minimum Gasteiger partial charge on any atom is -0.493 e. The first-order valence-corrected chi connectivity index (χ1v) is 18.0. The van der Waals surface area contributed by atoms with Crippen LogP contribution in [0.2, 0.25) is 0 Å². The second kappa shape index (κ2) is 18.2. The molecule has 0 spiro atoms. The summed E-state index contributed by atoms with van der Waals surface area (Å²) in [4.78, 5) is 35.7. The number of aryl methyl sites for hydroxylation is 1. The first kappa shape index (κ1) is 36.5. The van der Waals surface area contributed by atoms with Crippen molar-refractivity contribution in [3.05, 3.63) is 95.6 Å². The Labute approximate surface area is 296 Å². The fourth-order valence-electron chi connectivity index (χ4n) is 6.07. The van der Waals surface area contributed by atoms with Crippen molar-refractivity contribution in [2.75, 3.05) is 43.4 Å². The second-order valence-corrected chi connectivity index (χ2v) is 13.1. The number of nitrogens with one attached hydrogen (secondary N) is 3. The summed E-state index contributed by atoms with van der Waals surface area (Å²) in [7, 11) is 0. The number of carbonyl (C=O) groups is 2. The highest BCUT2D eigenvalue weighted by molar-refractivity contribution is 5.99. The van der Waals surface area contributed by atoms with Crippen molar-refractivity contribution in [2.24, 2.45) is 4.99 Å². The van der Waals surface area contributed by atoms with Crippen LogP contribution in [0.4, 0.5) is 16.2 Å². The number of para-hydroxylation sites is 1. The predicted molar refractivity (Wildman–Crippen MR) is 201 cm³/mol. The number of anilines is 2. The van der Waals surface area contributed by atoms with Gasteiger partial charge in [0.1, 0.15) is 5.75 Å². The Balaban J connectivity index is 1.40. The molecule has 5 rings (SSSR count). The molecular weight excluding hydrogens is 628 g/mol. The number of guanidine groups is 1. The average Bonchev–Trinajstić information content (AvgIpc) is 3.12. The molecule has 2 amide bonds. The Kier molecular flexibility index (Phi) is 13.3. The summed E-state index contributed by atoms with van der Waals surface area (Å²) >= 11 is 0. The predicted octanol–water partition coefficient (Wildman–Crippen LogP) is 7.56. The molecule has 3 aromatic carbocycles. The minimum absolute atomic E-state index is 0.0530. The van der Waals surface area contributed by atoms with Gasteiger partial charge in [-0.15, -0.1) is 0 Å². The molecule has 2 heterocycles. The monoisotopic (exact) mass is 680 g/mol.